The molecule has 0 aromatic carbocycles. The zero-order chi connectivity index (χ0) is 11.5. The molecule has 0 bridgehead atoms. The Morgan fingerprint density at radius 1 is 1.53 bits per heavy atom. The van der Waals surface area contributed by atoms with Crippen LogP contribution in [0, 0.1) is 0 Å². The first-order valence-corrected chi connectivity index (χ1v) is 3.64. The van der Waals surface area contributed by atoms with Gasteiger partial charge < -0.3 is 9.84 Å². The first-order chi connectivity index (χ1) is 6.88. The smallest absolute Gasteiger partial charge is 0.422 e. The lowest BCUT2D eigenvalue weighted by Crippen LogP contribution is -2.20. The number of alkyl halides is 3. The number of nitrogens with zero attached hydrogens (tertiary/aromatic N) is 2. The predicted molar refractivity (Wildman–Crippen MR) is 40.5 cm³/mol. The van der Waals surface area contributed by atoms with Gasteiger partial charge >= 0.3 is 12.1 Å². The Bertz CT molecular complexity index is 367. The van der Waals surface area contributed by atoms with Crippen molar-refractivity contribution in [3.05, 3.63) is 18.1 Å². The molecule has 0 saturated heterocycles. The van der Waals surface area contributed by atoms with Crippen LogP contribution in [0.2, 0.25) is 0 Å². The van der Waals surface area contributed by atoms with Gasteiger partial charge in [0.15, 0.2) is 6.61 Å². The molecule has 0 saturated carbocycles. The van der Waals surface area contributed by atoms with Crippen LogP contribution in [0.3, 0.4) is 0 Å². The lowest BCUT2D eigenvalue weighted by Gasteiger charge is -2.07. The highest BCUT2D eigenvalue weighted by molar-refractivity contribution is 5.83. The van der Waals surface area contributed by atoms with Gasteiger partial charge in [-0.05, 0) is 0 Å². The second-order valence-corrected chi connectivity index (χ2v) is 2.43. The molecule has 1 rings (SSSR count). The molecule has 0 atom stereocenters. The number of carbonyl (C=O) groups is 1. The van der Waals surface area contributed by atoms with E-state index in [9.17, 15) is 18.0 Å². The van der Waals surface area contributed by atoms with Crippen molar-refractivity contribution in [3.63, 3.8) is 0 Å². The van der Waals surface area contributed by atoms with E-state index in [0.29, 0.717) is 0 Å². The van der Waals surface area contributed by atoms with E-state index in [4.69, 9.17) is 5.11 Å². The summed E-state index contributed by atoms with van der Waals surface area (Å²) in [7, 11) is 0. The average molecular weight is 222 g/mol. The van der Waals surface area contributed by atoms with E-state index in [1.165, 1.54) is 0 Å². The molecule has 5 nitrogen and oxygen atoms in total. The minimum atomic E-state index is -4.49. The van der Waals surface area contributed by atoms with E-state index in [0.717, 1.165) is 12.3 Å². The summed E-state index contributed by atoms with van der Waals surface area (Å²) in [6.45, 7) is -1.52. The van der Waals surface area contributed by atoms with Crippen LogP contribution < -0.4 is 4.74 Å². The number of hydrogen-bond acceptors (Lipinski definition) is 4. The fourth-order valence-electron chi connectivity index (χ4n) is 0.681. The van der Waals surface area contributed by atoms with Gasteiger partial charge in [-0.25, -0.2) is 9.78 Å². The van der Waals surface area contributed by atoms with Crippen LogP contribution in [0.25, 0.3) is 0 Å². The van der Waals surface area contributed by atoms with E-state index in [2.05, 4.69) is 14.7 Å². The Labute approximate surface area is 81.5 Å². The van der Waals surface area contributed by atoms with Crippen molar-refractivity contribution in [2.24, 2.45) is 0 Å². The molecule has 0 aliphatic rings. The number of halogens is 3. The maximum Gasteiger partial charge on any atom is 0.422 e. The highest BCUT2D eigenvalue weighted by atomic mass is 19.4. The van der Waals surface area contributed by atoms with Crippen molar-refractivity contribution >= 4 is 5.97 Å². The van der Waals surface area contributed by atoms with Crippen molar-refractivity contribution in [2.75, 3.05) is 6.61 Å². The number of carboxylic acid groups (broad SMARTS) is 1. The summed E-state index contributed by atoms with van der Waals surface area (Å²) in [5.41, 5.74) is 0. The van der Waals surface area contributed by atoms with Crippen molar-refractivity contribution in [1.29, 1.82) is 0 Å². The summed E-state index contributed by atoms with van der Waals surface area (Å²) in [5.74, 6) is -2.48. The quantitative estimate of drug-likeness (QED) is 0.829. The summed E-state index contributed by atoms with van der Waals surface area (Å²) in [6.07, 6.45) is -3.49. The van der Waals surface area contributed by atoms with Gasteiger partial charge in [-0.3, -0.25) is 0 Å². The Morgan fingerprint density at radius 3 is 2.73 bits per heavy atom. The van der Waals surface area contributed by atoms with Gasteiger partial charge in [-0.2, -0.15) is 18.2 Å². The van der Waals surface area contributed by atoms with Crippen molar-refractivity contribution in [1.82, 2.24) is 9.97 Å². The zero-order valence-electron chi connectivity index (χ0n) is 7.15. The fourth-order valence-corrected chi connectivity index (χ4v) is 0.681. The van der Waals surface area contributed by atoms with E-state index < -0.39 is 30.5 Å². The van der Waals surface area contributed by atoms with Gasteiger partial charge in [-0.1, -0.05) is 0 Å². The van der Waals surface area contributed by atoms with Gasteiger partial charge in [0.25, 0.3) is 0 Å². The molecular weight excluding hydrogens is 217 g/mol. The second kappa shape index (κ2) is 4.11. The van der Waals surface area contributed by atoms with Crippen LogP contribution in [-0.2, 0) is 0 Å². The highest BCUT2D eigenvalue weighted by Crippen LogP contribution is 2.16. The summed E-state index contributed by atoms with van der Waals surface area (Å²) in [5, 5.41) is 8.43. The molecule has 0 spiro atoms. The molecule has 1 aromatic heterocycles. The molecule has 82 valence electrons. The fraction of sp³-hybridized carbons (Fsp3) is 0.286. The molecule has 0 unspecified atom stereocenters. The molecule has 0 amide bonds. The number of aromatic carboxylic acids is 1. The molecular formula is C7H5F3N2O3. The lowest BCUT2D eigenvalue weighted by molar-refractivity contribution is -0.154. The molecule has 15 heavy (non-hydrogen) atoms. The van der Waals surface area contributed by atoms with Crippen LogP contribution in [0.15, 0.2) is 12.3 Å². The summed E-state index contributed by atoms with van der Waals surface area (Å²) in [4.78, 5) is 16.9. The molecule has 0 fully saturated rings. The minimum Gasteiger partial charge on any atom is -0.475 e. The second-order valence-electron chi connectivity index (χ2n) is 2.43. The molecule has 1 heterocycles. The molecule has 1 N–H and O–H groups in total. The van der Waals surface area contributed by atoms with E-state index >= 15 is 0 Å². The minimum absolute atomic E-state index is 0.431. The van der Waals surface area contributed by atoms with Crippen LogP contribution in [0.4, 0.5) is 13.2 Å². The predicted octanol–water partition coefficient (Wildman–Crippen LogP) is 1.12. The van der Waals surface area contributed by atoms with Gasteiger partial charge in [0.1, 0.15) is 0 Å². The van der Waals surface area contributed by atoms with Crippen LogP contribution >= 0.6 is 0 Å². The van der Waals surface area contributed by atoms with Crippen molar-refractivity contribution in [2.45, 2.75) is 6.18 Å². The highest BCUT2D eigenvalue weighted by Gasteiger charge is 2.28. The van der Waals surface area contributed by atoms with Crippen LogP contribution in [0.5, 0.6) is 5.88 Å². The summed E-state index contributed by atoms with van der Waals surface area (Å²) < 4.78 is 39.4. The number of ether oxygens (including phenoxy) is 1. The largest absolute Gasteiger partial charge is 0.475 e. The normalized spacial score (nSPS) is 11.1. The summed E-state index contributed by atoms with van der Waals surface area (Å²) in [6, 6.07) is 1.04. The van der Waals surface area contributed by atoms with E-state index in [-0.39, 0.29) is 0 Å². The zero-order valence-corrected chi connectivity index (χ0v) is 7.15. The third kappa shape index (κ3) is 3.79. The SMILES string of the molecule is O=C(O)c1nccc(OCC(F)(F)F)n1. The third-order valence-electron chi connectivity index (χ3n) is 1.21. The van der Waals surface area contributed by atoms with Gasteiger partial charge in [-0.15, -0.1) is 0 Å². The molecule has 0 aliphatic heterocycles. The summed E-state index contributed by atoms with van der Waals surface area (Å²) >= 11 is 0. The molecule has 0 radical (unpaired) electrons. The first kappa shape index (κ1) is 11.2. The van der Waals surface area contributed by atoms with Gasteiger partial charge in [0.2, 0.25) is 11.7 Å². The Kier molecular flexibility index (Phi) is 3.08. The topological polar surface area (TPSA) is 72.3 Å². The maximum absolute atomic E-state index is 11.7. The standard InChI is InChI=1S/C7H5F3N2O3/c8-7(9,10)3-15-4-1-2-11-5(12-4)6(13)14/h1-2H,3H2,(H,13,14). The maximum atomic E-state index is 11.7. The molecule has 1 aromatic rings. The number of carboxylic acids is 1. The van der Waals surface area contributed by atoms with Crippen molar-refractivity contribution < 1.29 is 27.8 Å². The Hall–Kier alpha value is -1.86. The van der Waals surface area contributed by atoms with Crippen LogP contribution in [0.1, 0.15) is 10.6 Å². The van der Waals surface area contributed by atoms with Crippen molar-refractivity contribution in [3.8, 4) is 5.88 Å². The molecule has 8 heteroatoms. The molecule has 0 aliphatic carbocycles. The van der Waals surface area contributed by atoms with E-state index in [1.807, 2.05) is 0 Å². The average Bonchev–Trinajstić information content (AvgIpc) is 2.14. The van der Waals surface area contributed by atoms with Gasteiger partial charge in [0.05, 0.1) is 0 Å². The van der Waals surface area contributed by atoms with Gasteiger partial charge in [0, 0.05) is 12.3 Å². The number of aromatic nitrogens is 2. The number of hydrogen-bond donors (Lipinski definition) is 1. The Balaban J connectivity index is 2.70. The monoisotopic (exact) mass is 222 g/mol. The lowest BCUT2D eigenvalue weighted by atomic mass is 10.5. The third-order valence-corrected chi connectivity index (χ3v) is 1.21. The van der Waals surface area contributed by atoms with E-state index in [1.54, 1.807) is 0 Å². The first-order valence-electron chi connectivity index (χ1n) is 3.64. The Morgan fingerprint density at radius 2 is 2.20 bits per heavy atom. The van der Waals surface area contributed by atoms with Crippen LogP contribution in [-0.4, -0.2) is 33.8 Å². The number of rotatable bonds is 3.